The normalized spacial score (nSPS) is 9.82. The first-order valence-corrected chi connectivity index (χ1v) is 6.14. The molecule has 8 nitrogen and oxygen atoms in total. The third-order valence-electron chi connectivity index (χ3n) is 2.65. The number of hydrogen-bond acceptors (Lipinski definition) is 5. The van der Waals surface area contributed by atoms with Crippen LogP contribution in [0.4, 0.5) is 10.5 Å². The second kappa shape index (κ2) is 6.35. The van der Waals surface area contributed by atoms with E-state index in [0.717, 1.165) is 12.1 Å². The summed E-state index contributed by atoms with van der Waals surface area (Å²) in [7, 11) is 0. The summed E-state index contributed by atoms with van der Waals surface area (Å²) >= 11 is 0. The molecule has 0 atom stereocenters. The first-order chi connectivity index (χ1) is 10.5. The molecule has 3 amide bonds. The number of carbonyl (C=O) groups excluding carboxylic acids is 2. The van der Waals surface area contributed by atoms with Crippen LogP contribution in [0.1, 0.15) is 10.4 Å². The summed E-state index contributed by atoms with van der Waals surface area (Å²) in [5.41, 5.74) is 4.59. The summed E-state index contributed by atoms with van der Waals surface area (Å²) in [5.74, 6) is -2.82. The average Bonchev–Trinajstić information content (AvgIpc) is 2.50. The molecule has 2 aromatic carbocycles. The fourth-order valence-electron chi connectivity index (χ4n) is 1.60. The third-order valence-corrected chi connectivity index (χ3v) is 2.65. The molecule has 0 heterocycles. The third kappa shape index (κ3) is 3.57. The summed E-state index contributed by atoms with van der Waals surface area (Å²) in [6, 6.07) is 9.80. The van der Waals surface area contributed by atoms with E-state index in [2.05, 4.69) is 16.2 Å². The molecule has 114 valence electrons. The minimum absolute atomic E-state index is 0.146. The molecular weight excluding hydrogens is 290 g/mol. The Kier molecular flexibility index (Phi) is 4.33. The van der Waals surface area contributed by atoms with E-state index in [0.29, 0.717) is 5.69 Å². The number of aromatic hydroxyl groups is 3. The van der Waals surface area contributed by atoms with Gasteiger partial charge in [-0.25, -0.2) is 10.2 Å². The Hall–Kier alpha value is -3.42. The van der Waals surface area contributed by atoms with Gasteiger partial charge in [0.15, 0.2) is 17.2 Å². The van der Waals surface area contributed by atoms with E-state index < -0.39 is 29.2 Å². The molecule has 6 N–H and O–H groups in total. The van der Waals surface area contributed by atoms with Gasteiger partial charge in [0.2, 0.25) is 0 Å². The number of rotatable bonds is 2. The van der Waals surface area contributed by atoms with Crippen LogP contribution in [0.25, 0.3) is 0 Å². The monoisotopic (exact) mass is 303 g/mol. The van der Waals surface area contributed by atoms with Crippen molar-refractivity contribution >= 4 is 17.6 Å². The number of benzene rings is 2. The lowest BCUT2D eigenvalue weighted by atomic mass is 10.2. The van der Waals surface area contributed by atoms with Crippen molar-refractivity contribution in [2.45, 2.75) is 0 Å². The van der Waals surface area contributed by atoms with Crippen molar-refractivity contribution in [1.82, 2.24) is 10.9 Å². The van der Waals surface area contributed by atoms with Crippen molar-refractivity contribution in [1.29, 1.82) is 0 Å². The van der Waals surface area contributed by atoms with Gasteiger partial charge in [-0.15, -0.1) is 0 Å². The van der Waals surface area contributed by atoms with Crippen molar-refractivity contribution in [2.24, 2.45) is 0 Å². The molecule has 0 saturated carbocycles. The number of phenolic OH excluding ortho intramolecular Hbond substituents is 3. The quantitative estimate of drug-likeness (QED) is 0.367. The van der Waals surface area contributed by atoms with Crippen molar-refractivity contribution < 1.29 is 24.9 Å². The van der Waals surface area contributed by atoms with E-state index >= 15 is 0 Å². The van der Waals surface area contributed by atoms with Gasteiger partial charge in [-0.2, -0.15) is 0 Å². The fourth-order valence-corrected chi connectivity index (χ4v) is 1.60. The molecule has 8 heteroatoms. The number of hydrazine groups is 1. The minimum Gasteiger partial charge on any atom is -0.504 e. The molecule has 0 radical (unpaired) electrons. The van der Waals surface area contributed by atoms with Crippen LogP contribution in [0.2, 0.25) is 0 Å². The lowest BCUT2D eigenvalue weighted by Gasteiger charge is -2.10. The molecule has 0 aliphatic heterocycles. The maximum Gasteiger partial charge on any atom is 0.337 e. The van der Waals surface area contributed by atoms with Gasteiger partial charge < -0.3 is 20.6 Å². The van der Waals surface area contributed by atoms with Gasteiger partial charge in [0.05, 0.1) is 0 Å². The van der Waals surface area contributed by atoms with E-state index in [1.165, 1.54) is 0 Å². The van der Waals surface area contributed by atoms with Crippen LogP contribution < -0.4 is 16.2 Å². The highest BCUT2D eigenvalue weighted by molar-refractivity contribution is 5.98. The number of carbonyl (C=O) groups is 2. The average molecular weight is 303 g/mol. The minimum atomic E-state index is -0.784. The number of para-hydroxylation sites is 1. The molecule has 0 aromatic heterocycles. The van der Waals surface area contributed by atoms with Gasteiger partial charge in [-0.05, 0) is 24.3 Å². The zero-order valence-corrected chi connectivity index (χ0v) is 11.2. The van der Waals surface area contributed by atoms with E-state index in [-0.39, 0.29) is 5.56 Å². The van der Waals surface area contributed by atoms with Crippen molar-refractivity contribution in [3.63, 3.8) is 0 Å². The van der Waals surface area contributed by atoms with Gasteiger partial charge in [-0.1, -0.05) is 18.2 Å². The first-order valence-electron chi connectivity index (χ1n) is 6.14. The summed E-state index contributed by atoms with van der Waals surface area (Å²) in [5, 5.41) is 30.3. The Labute approximate surface area is 125 Å². The smallest absolute Gasteiger partial charge is 0.337 e. The van der Waals surface area contributed by atoms with Crippen molar-refractivity contribution in [3.05, 3.63) is 48.0 Å². The van der Waals surface area contributed by atoms with Crippen LogP contribution in [0.3, 0.4) is 0 Å². The Balaban J connectivity index is 1.94. The lowest BCUT2D eigenvalue weighted by Crippen LogP contribution is -2.43. The fraction of sp³-hybridized carbons (Fsp3) is 0. The predicted octanol–water partition coefficient (Wildman–Crippen LogP) is 1.27. The number of nitrogens with one attached hydrogen (secondary N) is 3. The topological polar surface area (TPSA) is 131 Å². The molecule has 0 fully saturated rings. The summed E-state index contributed by atoms with van der Waals surface area (Å²) in [6.45, 7) is 0. The number of phenols is 3. The first kappa shape index (κ1) is 15.0. The largest absolute Gasteiger partial charge is 0.504 e. The summed E-state index contributed by atoms with van der Waals surface area (Å²) in [6.07, 6.45) is 0. The van der Waals surface area contributed by atoms with Gasteiger partial charge in [-0.3, -0.25) is 10.2 Å². The number of amides is 3. The Bertz CT molecular complexity index is 680. The SMILES string of the molecule is O=C(NNC(=O)c1cc(O)c(O)c(O)c1)Nc1ccccc1. The molecule has 0 saturated heterocycles. The summed E-state index contributed by atoms with van der Waals surface area (Å²) in [4.78, 5) is 23.3. The van der Waals surface area contributed by atoms with E-state index in [4.69, 9.17) is 0 Å². The molecule has 22 heavy (non-hydrogen) atoms. The Morgan fingerprint density at radius 3 is 2.05 bits per heavy atom. The standard InChI is InChI=1S/C14H13N3O5/c18-10-6-8(7-11(19)12(10)20)13(21)16-17-14(22)15-9-4-2-1-3-5-9/h1-7,18-20H,(H,16,21)(H2,15,17,22). The second-order valence-corrected chi connectivity index (χ2v) is 4.26. The van der Waals surface area contributed by atoms with E-state index in [1.54, 1.807) is 30.3 Å². The maximum absolute atomic E-state index is 11.8. The lowest BCUT2D eigenvalue weighted by molar-refractivity contribution is 0.0937. The van der Waals surface area contributed by atoms with E-state index in [1.807, 2.05) is 0 Å². The maximum atomic E-state index is 11.8. The molecule has 0 unspecified atom stereocenters. The summed E-state index contributed by atoms with van der Waals surface area (Å²) < 4.78 is 0. The van der Waals surface area contributed by atoms with Gasteiger partial charge in [0.25, 0.3) is 5.91 Å². The van der Waals surface area contributed by atoms with Crippen LogP contribution in [0.15, 0.2) is 42.5 Å². The van der Waals surface area contributed by atoms with Crippen LogP contribution >= 0.6 is 0 Å². The van der Waals surface area contributed by atoms with Crippen molar-refractivity contribution in [3.8, 4) is 17.2 Å². The van der Waals surface area contributed by atoms with Gasteiger partial charge >= 0.3 is 6.03 Å². The Morgan fingerprint density at radius 2 is 1.45 bits per heavy atom. The van der Waals surface area contributed by atoms with Crippen LogP contribution in [0.5, 0.6) is 17.2 Å². The highest BCUT2D eigenvalue weighted by Crippen LogP contribution is 2.35. The van der Waals surface area contributed by atoms with Gasteiger partial charge in [0.1, 0.15) is 0 Å². The molecule has 2 rings (SSSR count). The van der Waals surface area contributed by atoms with E-state index in [9.17, 15) is 24.9 Å². The molecule has 0 spiro atoms. The highest BCUT2D eigenvalue weighted by atomic mass is 16.3. The number of hydrogen-bond donors (Lipinski definition) is 6. The zero-order valence-electron chi connectivity index (χ0n) is 11.2. The molecular formula is C14H13N3O5. The number of urea groups is 1. The van der Waals surface area contributed by atoms with Crippen molar-refractivity contribution in [2.75, 3.05) is 5.32 Å². The molecule has 0 aliphatic carbocycles. The van der Waals surface area contributed by atoms with Crippen LogP contribution in [-0.2, 0) is 0 Å². The van der Waals surface area contributed by atoms with Crippen LogP contribution in [0, 0.1) is 0 Å². The molecule has 0 bridgehead atoms. The molecule has 2 aromatic rings. The number of anilines is 1. The highest BCUT2D eigenvalue weighted by Gasteiger charge is 2.14. The zero-order chi connectivity index (χ0) is 16.1. The predicted molar refractivity (Wildman–Crippen MR) is 77.5 cm³/mol. The Morgan fingerprint density at radius 1 is 0.864 bits per heavy atom. The van der Waals surface area contributed by atoms with Gasteiger partial charge in [0, 0.05) is 11.3 Å². The second-order valence-electron chi connectivity index (χ2n) is 4.26. The molecule has 0 aliphatic rings. The van der Waals surface area contributed by atoms with Crippen LogP contribution in [-0.4, -0.2) is 27.3 Å².